The van der Waals surface area contributed by atoms with E-state index in [0.717, 1.165) is 12.7 Å². The van der Waals surface area contributed by atoms with Crippen LogP contribution < -0.4 is 5.73 Å². The van der Waals surface area contributed by atoms with Crippen molar-refractivity contribution >= 4 is 28.2 Å². The van der Waals surface area contributed by atoms with Crippen LogP contribution >= 0.6 is 12.4 Å². The van der Waals surface area contributed by atoms with Crippen LogP contribution in [0.25, 0.3) is 0 Å². The molecule has 22 heavy (non-hydrogen) atoms. The fourth-order valence-electron chi connectivity index (χ4n) is 2.89. The van der Waals surface area contributed by atoms with Gasteiger partial charge in [-0.25, -0.2) is 8.42 Å². The molecule has 1 saturated carbocycles. The number of likely N-dealkylation sites (N-methyl/N-ethyl adjacent to an activating group) is 1. The van der Waals surface area contributed by atoms with Crippen LogP contribution in [0, 0.1) is 5.41 Å². The molecule has 0 aromatic heterocycles. The van der Waals surface area contributed by atoms with Gasteiger partial charge in [0.15, 0.2) is 0 Å². The van der Waals surface area contributed by atoms with Crippen molar-refractivity contribution in [2.75, 3.05) is 25.7 Å². The van der Waals surface area contributed by atoms with Crippen LogP contribution in [-0.2, 0) is 19.4 Å². The fraction of sp³-hybridized carbons (Fsp3) is 0.929. The summed E-state index contributed by atoms with van der Waals surface area (Å²) in [5.74, 6) is -0.268. The van der Waals surface area contributed by atoms with Gasteiger partial charge in [-0.3, -0.25) is 4.79 Å². The predicted molar refractivity (Wildman–Crippen MR) is 89.9 cm³/mol. The first kappa shape index (κ1) is 21.6. The number of carbonyl (C=O) groups excluding carboxylic acids is 1. The van der Waals surface area contributed by atoms with Crippen LogP contribution in [0.15, 0.2) is 0 Å². The van der Waals surface area contributed by atoms with Gasteiger partial charge in [0.25, 0.3) is 0 Å². The van der Waals surface area contributed by atoms with E-state index in [1.54, 1.807) is 11.9 Å². The summed E-state index contributed by atoms with van der Waals surface area (Å²) in [6, 6.07) is -0.697. The van der Waals surface area contributed by atoms with Gasteiger partial charge >= 0.3 is 0 Å². The third-order valence-corrected chi connectivity index (χ3v) is 5.40. The van der Waals surface area contributed by atoms with Crippen LogP contribution in [0.2, 0.25) is 0 Å². The van der Waals surface area contributed by atoms with Gasteiger partial charge in [-0.05, 0) is 19.8 Å². The lowest BCUT2D eigenvalue weighted by molar-refractivity contribution is -0.164. The van der Waals surface area contributed by atoms with E-state index < -0.39 is 15.9 Å². The highest BCUT2D eigenvalue weighted by molar-refractivity contribution is 7.90. The minimum atomic E-state index is -3.10. The number of halogens is 1. The summed E-state index contributed by atoms with van der Waals surface area (Å²) in [5, 5.41) is 0. The zero-order chi connectivity index (χ0) is 16.4. The average Bonchev–Trinajstić information content (AvgIpc) is 2.37. The van der Waals surface area contributed by atoms with E-state index in [4.69, 9.17) is 10.5 Å². The van der Waals surface area contributed by atoms with Gasteiger partial charge in [0.2, 0.25) is 5.91 Å². The molecule has 3 atom stereocenters. The van der Waals surface area contributed by atoms with Crippen LogP contribution in [-0.4, -0.2) is 63.1 Å². The van der Waals surface area contributed by atoms with Gasteiger partial charge in [0, 0.05) is 31.4 Å². The van der Waals surface area contributed by atoms with Gasteiger partial charge < -0.3 is 15.4 Å². The quantitative estimate of drug-likeness (QED) is 0.729. The lowest BCUT2D eigenvalue weighted by Gasteiger charge is -2.55. The molecule has 1 amide bonds. The highest BCUT2D eigenvalue weighted by Gasteiger charge is 2.52. The van der Waals surface area contributed by atoms with Crippen molar-refractivity contribution in [2.45, 2.75) is 51.8 Å². The Morgan fingerprint density at radius 2 is 2.00 bits per heavy atom. The Labute approximate surface area is 140 Å². The number of hydrogen-bond donors (Lipinski definition) is 1. The lowest BCUT2D eigenvalue weighted by Crippen LogP contribution is -2.64. The Morgan fingerprint density at radius 3 is 2.41 bits per heavy atom. The Hall–Kier alpha value is -0.370. The minimum Gasteiger partial charge on any atom is -0.378 e. The number of nitrogens with zero attached hydrogens (tertiary/aromatic N) is 1. The molecule has 6 nitrogen and oxygen atoms in total. The second-order valence-electron chi connectivity index (χ2n) is 6.49. The molecule has 1 aliphatic carbocycles. The topological polar surface area (TPSA) is 89.7 Å². The smallest absolute Gasteiger partial charge is 0.239 e. The van der Waals surface area contributed by atoms with Crippen molar-refractivity contribution in [3.63, 3.8) is 0 Å². The van der Waals surface area contributed by atoms with E-state index in [9.17, 15) is 13.2 Å². The normalized spacial score (nSPS) is 24.8. The fourth-order valence-corrected chi connectivity index (χ4v) is 3.57. The average molecular weight is 357 g/mol. The summed E-state index contributed by atoms with van der Waals surface area (Å²) in [7, 11) is -1.37. The van der Waals surface area contributed by atoms with Gasteiger partial charge in [-0.15, -0.1) is 12.4 Å². The van der Waals surface area contributed by atoms with E-state index in [0.29, 0.717) is 6.61 Å². The van der Waals surface area contributed by atoms with Gasteiger partial charge in [-0.1, -0.05) is 13.8 Å². The first-order valence-electron chi connectivity index (χ1n) is 7.32. The summed E-state index contributed by atoms with van der Waals surface area (Å²) >= 11 is 0. The third kappa shape index (κ3) is 5.08. The largest absolute Gasteiger partial charge is 0.378 e. The monoisotopic (exact) mass is 356 g/mol. The molecule has 1 fully saturated rings. The van der Waals surface area contributed by atoms with Crippen LogP contribution in [0.1, 0.15) is 33.6 Å². The number of amides is 1. The molecule has 0 aromatic carbocycles. The second kappa shape index (κ2) is 7.95. The van der Waals surface area contributed by atoms with Gasteiger partial charge in [0.05, 0.1) is 17.9 Å². The Balaban J connectivity index is 0.00000441. The first-order valence-corrected chi connectivity index (χ1v) is 9.38. The standard InChI is InChI=1S/C14H28N2O4S.ClH/c1-6-20-12-9-11(14(12,2)3)16(4)13(17)10(15)7-8-21(5,18)19;/h10-12H,6-9,15H2,1-5H3;1H. The van der Waals surface area contributed by atoms with Crippen LogP contribution in [0.3, 0.4) is 0 Å². The molecule has 0 bridgehead atoms. The van der Waals surface area contributed by atoms with Gasteiger partial charge in [-0.2, -0.15) is 0 Å². The zero-order valence-electron chi connectivity index (χ0n) is 14.0. The molecule has 0 aliphatic heterocycles. The number of carbonyl (C=O) groups is 1. The Kier molecular flexibility index (Phi) is 7.81. The molecule has 0 heterocycles. The SMILES string of the molecule is CCOC1CC(N(C)C(=O)C(N)CCS(C)(=O)=O)C1(C)C.Cl. The molecule has 0 radical (unpaired) electrons. The number of rotatable bonds is 7. The van der Waals surface area contributed by atoms with Crippen molar-refractivity contribution < 1.29 is 17.9 Å². The highest BCUT2D eigenvalue weighted by Crippen LogP contribution is 2.45. The molecule has 132 valence electrons. The Morgan fingerprint density at radius 1 is 1.45 bits per heavy atom. The summed E-state index contributed by atoms with van der Waals surface area (Å²) in [6.45, 7) is 6.77. The van der Waals surface area contributed by atoms with E-state index in [1.165, 1.54) is 0 Å². The summed E-state index contributed by atoms with van der Waals surface area (Å²) < 4.78 is 28.0. The zero-order valence-corrected chi connectivity index (χ0v) is 15.7. The molecule has 1 rings (SSSR count). The van der Waals surface area contributed by atoms with Crippen LogP contribution in [0.5, 0.6) is 0 Å². The molecular weight excluding hydrogens is 328 g/mol. The van der Waals surface area contributed by atoms with E-state index in [-0.39, 0.29) is 48.0 Å². The van der Waals surface area contributed by atoms with E-state index >= 15 is 0 Å². The third-order valence-electron chi connectivity index (χ3n) is 4.43. The van der Waals surface area contributed by atoms with Crippen molar-refractivity contribution in [1.29, 1.82) is 0 Å². The molecule has 0 saturated heterocycles. The maximum absolute atomic E-state index is 12.3. The molecule has 0 spiro atoms. The maximum atomic E-state index is 12.3. The van der Waals surface area contributed by atoms with E-state index in [2.05, 4.69) is 13.8 Å². The number of ether oxygens (including phenoxy) is 1. The number of nitrogens with two attached hydrogens (primary N) is 1. The summed E-state index contributed by atoms with van der Waals surface area (Å²) in [5.41, 5.74) is 5.72. The lowest BCUT2D eigenvalue weighted by atomic mass is 9.63. The van der Waals surface area contributed by atoms with E-state index in [1.807, 2.05) is 6.92 Å². The van der Waals surface area contributed by atoms with Crippen molar-refractivity contribution in [1.82, 2.24) is 4.90 Å². The minimum absolute atomic E-state index is 0. The molecular formula is C14H29ClN2O4S. The first-order chi connectivity index (χ1) is 9.50. The predicted octanol–water partition coefficient (Wildman–Crippen LogP) is 0.832. The summed E-state index contributed by atoms with van der Waals surface area (Å²) in [4.78, 5) is 14.0. The van der Waals surface area contributed by atoms with Crippen molar-refractivity contribution in [3.05, 3.63) is 0 Å². The van der Waals surface area contributed by atoms with Gasteiger partial charge in [0.1, 0.15) is 9.84 Å². The highest BCUT2D eigenvalue weighted by atomic mass is 35.5. The van der Waals surface area contributed by atoms with Crippen molar-refractivity contribution in [2.24, 2.45) is 11.1 Å². The second-order valence-corrected chi connectivity index (χ2v) is 8.75. The molecule has 1 aliphatic rings. The van der Waals surface area contributed by atoms with Crippen molar-refractivity contribution in [3.8, 4) is 0 Å². The number of hydrogen-bond acceptors (Lipinski definition) is 5. The molecule has 2 N–H and O–H groups in total. The number of sulfone groups is 1. The van der Waals surface area contributed by atoms with Crippen LogP contribution in [0.4, 0.5) is 0 Å². The molecule has 0 aromatic rings. The summed E-state index contributed by atoms with van der Waals surface area (Å²) in [6.07, 6.45) is 2.25. The maximum Gasteiger partial charge on any atom is 0.239 e. The Bertz CT molecular complexity index is 481. The molecule has 3 unspecified atom stereocenters. The molecule has 8 heteroatoms.